The molecule has 0 amide bonds. The van der Waals surface area contributed by atoms with E-state index in [4.69, 9.17) is 11.1 Å². The first-order chi connectivity index (χ1) is 3.63. The number of nitrogens with one attached hydrogen (secondary N) is 1. The number of nitrogens with two attached hydrogens (primary N) is 1. The van der Waals surface area contributed by atoms with Gasteiger partial charge in [0.2, 0.25) is 0 Å². The number of hydrogen-bond donors (Lipinski definition) is 2. The molecule has 0 bridgehead atoms. The Morgan fingerprint density at radius 3 is 2.62 bits per heavy atom. The lowest BCUT2D eigenvalue weighted by atomic mass is 10.7. The molecule has 0 aliphatic heterocycles. The van der Waals surface area contributed by atoms with E-state index in [1.54, 1.807) is 0 Å². The largest absolute Gasteiger partial charge is 0.386 e. The molecule has 0 unspecified atom stereocenters. The van der Waals surface area contributed by atoms with Crippen LogP contribution < -0.4 is 5.73 Å². The zero-order chi connectivity index (χ0) is 6.57. The van der Waals surface area contributed by atoms with Crippen molar-refractivity contribution >= 4 is 5.84 Å². The molecule has 0 heterocycles. The van der Waals surface area contributed by atoms with Crippen molar-refractivity contribution in [3.05, 3.63) is 10.1 Å². The van der Waals surface area contributed by atoms with Gasteiger partial charge in [-0.3, -0.25) is 5.41 Å². The minimum absolute atomic E-state index is 0.360. The van der Waals surface area contributed by atoms with Gasteiger partial charge in [0.1, 0.15) is 5.84 Å². The summed E-state index contributed by atoms with van der Waals surface area (Å²) in [6.45, 7) is -0.451. The van der Waals surface area contributed by atoms with Crippen LogP contribution in [0, 0.1) is 15.5 Å². The molecule has 0 aromatic heterocycles. The normalized spacial score (nSPS) is 8.00. The Bertz CT molecular complexity index is 97.1. The van der Waals surface area contributed by atoms with Gasteiger partial charge in [-0.05, 0) is 0 Å². The third-order valence-corrected chi connectivity index (χ3v) is 0.325. The van der Waals surface area contributed by atoms with Crippen molar-refractivity contribution in [1.82, 2.24) is 0 Å². The average Bonchev–Trinajstić information content (AvgIpc) is 1.61. The SMILES string of the molecule is N=C(N)CO[N+](=O)[O-]. The van der Waals surface area contributed by atoms with Gasteiger partial charge < -0.3 is 10.6 Å². The van der Waals surface area contributed by atoms with Gasteiger partial charge in [0.25, 0.3) is 5.09 Å². The van der Waals surface area contributed by atoms with Crippen LogP contribution >= 0.6 is 0 Å². The smallest absolute Gasteiger partial charge is 0.294 e. The molecule has 0 radical (unpaired) electrons. The quantitative estimate of drug-likeness (QED) is 0.218. The molecular weight excluding hydrogens is 114 g/mol. The second-order valence-corrected chi connectivity index (χ2v) is 1.02. The molecule has 0 fully saturated rings. The van der Waals surface area contributed by atoms with Crippen LogP contribution in [0.1, 0.15) is 0 Å². The lowest BCUT2D eigenvalue weighted by Gasteiger charge is -1.91. The molecule has 6 nitrogen and oxygen atoms in total. The van der Waals surface area contributed by atoms with Gasteiger partial charge in [0, 0.05) is 0 Å². The van der Waals surface area contributed by atoms with Crippen molar-refractivity contribution in [2.75, 3.05) is 6.61 Å². The second-order valence-electron chi connectivity index (χ2n) is 1.02. The van der Waals surface area contributed by atoms with E-state index in [9.17, 15) is 10.1 Å². The molecule has 0 rings (SSSR count). The van der Waals surface area contributed by atoms with E-state index in [0.29, 0.717) is 0 Å². The van der Waals surface area contributed by atoms with Crippen LogP contribution in [0.2, 0.25) is 0 Å². The van der Waals surface area contributed by atoms with Gasteiger partial charge in [0.15, 0.2) is 6.61 Å². The molecule has 0 aromatic carbocycles. The van der Waals surface area contributed by atoms with Gasteiger partial charge in [0.05, 0.1) is 0 Å². The first-order valence-corrected chi connectivity index (χ1v) is 1.73. The Kier molecular flexibility index (Phi) is 2.32. The Hall–Kier alpha value is -1.33. The van der Waals surface area contributed by atoms with E-state index in [-0.39, 0.29) is 5.84 Å². The van der Waals surface area contributed by atoms with Crippen LogP contribution in [0.15, 0.2) is 0 Å². The molecule has 0 aliphatic carbocycles. The van der Waals surface area contributed by atoms with Gasteiger partial charge in [-0.25, -0.2) is 0 Å². The summed E-state index contributed by atoms with van der Waals surface area (Å²) in [4.78, 5) is 13.0. The van der Waals surface area contributed by atoms with Crippen molar-refractivity contribution in [2.45, 2.75) is 0 Å². The van der Waals surface area contributed by atoms with E-state index in [0.717, 1.165) is 0 Å². The molecule has 0 saturated carbocycles. The Morgan fingerprint density at radius 1 is 2.00 bits per heavy atom. The monoisotopic (exact) mass is 119 g/mol. The maximum Gasteiger partial charge on any atom is 0.294 e. The fourth-order valence-corrected chi connectivity index (χ4v) is 0.122. The van der Waals surface area contributed by atoms with Crippen molar-refractivity contribution in [1.29, 1.82) is 5.41 Å². The van der Waals surface area contributed by atoms with Crippen molar-refractivity contribution in [3.63, 3.8) is 0 Å². The summed E-state index contributed by atoms with van der Waals surface area (Å²) in [6.07, 6.45) is 0. The van der Waals surface area contributed by atoms with E-state index in [1.807, 2.05) is 0 Å². The fourth-order valence-electron chi connectivity index (χ4n) is 0.122. The molecular formula is C2H5N3O3. The van der Waals surface area contributed by atoms with Gasteiger partial charge in [-0.1, -0.05) is 0 Å². The molecule has 6 heteroatoms. The average molecular weight is 119 g/mol. The summed E-state index contributed by atoms with van der Waals surface area (Å²) in [6, 6.07) is 0. The molecule has 0 spiro atoms. The Morgan fingerprint density at radius 2 is 2.50 bits per heavy atom. The lowest BCUT2D eigenvalue weighted by Crippen LogP contribution is -2.19. The number of nitrogens with zero attached hydrogens (tertiary/aromatic N) is 1. The van der Waals surface area contributed by atoms with Crippen LogP contribution in [-0.2, 0) is 4.84 Å². The molecule has 46 valence electrons. The second kappa shape index (κ2) is 2.78. The van der Waals surface area contributed by atoms with Crippen molar-refractivity contribution < 1.29 is 9.92 Å². The number of hydrogen-bond acceptors (Lipinski definition) is 4. The predicted octanol–water partition coefficient (Wildman–Crippen LogP) is -0.869. The molecule has 8 heavy (non-hydrogen) atoms. The molecule has 0 atom stereocenters. The highest BCUT2D eigenvalue weighted by atomic mass is 16.9. The highest BCUT2D eigenvalue weighted by molar-refractivity contribution is 5.77. The van der Waals surface area contributed by atoms with Gasteiger partial charge in [-0.15, -0.1) is 10.1 Å². The van der Waals surface area contributed by atoms with Gasteiger partial charge >= 0.3 is 0 Å². The maximum absolute atomic E-state index is 9.33. The lowest BCUT2D eigenvalue weighted by molar-refractivity contribution is -0.753. The summed E-state index contributed by atoms with van der Waals surface area (Å²) in [5.41, 5.74) is 4.69. The minimum atomic E-state index is -0.999. The van der Waals surface area contributed by atoms with Crippen LogP contribution in [-0.4, -0.2) is 17.5 Å². The van der Waals surface area contributed by atoms with Crippen molar-refractivity contribution in [3.8, 4) is 0 Å². The summed E-state index contributed by atoms with van der Waals surface area (Å²) < 4.78 is 0. The highest BCUT2D eigenvalue weighted by Gasteiger charge is 1.93. The Balaban J connectivity index is 3.18. The first kappa shape index (κ1) is 6.67. The third kappa shape index (κ3) is 4.67. The summed E-state index contributed by atoms with van der Waals surface area (Å²) in [5, 5.41) is 14.8. The summed E-state index contributed by atoms with van der Waals surface area (Å²) in [5.74, 6) is -0.360. The number of amidine groups is 1. The zero-order valence-corrected chi connectivity index (χ0v) is 3.96. The Labute approximate surface area is 44.8 Å². The topological polar surface area (TPSA) is 102 Å². The highest BCUT2D eigenvalue weighted by Crippen LogP contribution is 1.70. The standard InChI is InChI=1S/C2H5N3O3/c3-2(4)1-8-5(6)7/h1H2,(H3,3,4). The summed E-state index contributed by atoms with van der Waals surface area (Å²) >= 11 is 0. The van der Waals surface area contributed by atoms with E-state index in [2.05, 4.69) is 4.84 Å². The molecule has 0 aromatic rings. The fraction of sp³-hybridized carbons (Fsp3) is 0.500. The molecule has 0 saturated heterocycles. The van der Waals surface area contributed by atoms with Crippen LogP contribution in [0.4, 0.5) is 0 Å². The summed E-state index contributed by atoms with van der Waals surface area (Å²) in [7, 11) is 0. The minimum Gasteiger partial charge on any atom is -0.386 e. The van der Waals surface area contributed by atoms with E-state index >= 15 is 0 Å². The maximum atomic E-state index is 9.33. The predicted molar refractivity (Wildman–Crippen MR) is 24.9 cm³/mol. The van der Waals surface area contributed by atoms with Gasteiger partial charge in [-0.2, -0.15) is 0 Å². The van der Waals surface area contributed by atoms with E-state index in [1.165, 1.54) is 0 Å². The first-order valence-electron chi connectivity index (χ1n) is 1.73. The van der Waals surface area contributed by atoms with Crippen molar-refractivity contribution in [2.24, 2.45) is 5.73 Å². The van der Waals surface area contributed by atoms with Crippen LogP contribution in [0.25, 0.3) is 0 Å². The van der Waals surface area contributed by atoms with E-state index < -0.39 is 11.7 Å². The van der Waals surface area contributed by atoms with Crippen LogP contribution in [0.5, 0.6) is 0 Å². The number of rotatable bonds is 3. The third-order valence-electron chi connectivity index (χ3n) is 0.325. The molecule has 3 N–H and O–H groups in total. The molecule has 0 aliphatic rings. The van der Waals surface area contributed by atoms with Crippen LogP contribution in [0.3, 0.4) is 0 Å². The zero-order valence-electron chi connectivity index (χ0n) is 3.96.